The molecule has 1 aromatic carbocycles. The summed E-state index contributed by atoms with van der Waals surface area (Å²) in [7, 11) is 0. The van der Waals surface area contributed by atoms with Crippen LogP contribution in [0, 0.1) is 0 Å². The Morgan fingerprint density at radius 3 is 2.96 bits per heavy atom. The zero-order valence-corrected chi connectivity index (χ0v) is 16.1. The summed E-state index contributed by atoms with van der Waals surface area (Å²) in [5.41, 5.74) is 2.15. The zero-order valence-electron chi connectivity index (χ0n) is 13.7. The van der Waals surface area contributed by atoms with Crippen molar-refractivity contribution < 1.29 is 4.74 Å². The first-order valence-corrected chi connectivity index (χ1v) is 8.77. The Balaban J connectivity index is 0.00000208. The third kappa shape index (κ3) is 5.45. The van der Waals surface area contributed by atoms with Gasteiger partial charge in [-0.1, -0.05) is 22.0 Å². The van der Waals surface area contributed by atoms with Gasteiger partial charge in [-0.15, -0.1) is 12.4 Å². The van der Waals surface area contributed by atoms with Crippen molar-refractivity contribution in [2.45, 2.75) is 26.1 Å². The third-order valence-electron chi connectivity index (χ3n) is 3.97. The van der Waals surface area contributed by atoms with E-state index in [0.717, 1.165) is 42.1 Å². The van der Waals surface area contributed by atoms with Crippen LogP contribution in [0.5, 0.6) is 5.75 Å². The number of halogens is 2. The number of hydrogen-bond donors (Lipinski definition) is 1. The van der Waals surface area contributed by atoms with Crippen LogP contribution >= 0.6 is 28.3 Å². The summed E-state index contributed by atoms with van der Waals surface area (Å²) in [4.78, 5) is 6.78. The van der Waals surface area contributed by atoms with Gasteiger partial charge < -0.3 is 10.1 Å². The van der Waals surface area contributed by atoms with E-state index in [-0.39, 0.29) is 12.4 Å². The number of piperazine rings is 1. The average molecular weight is 413 g/mol. The topological polar surface area (TPSA) is 37.4 Å². The summed E-state index contributed by atoms with van der Waals surface area (Å²) < 4.78 is 7.11. The molecule has 1 saturated heterocycles. The van der Waals surface area contributed by atoms with Gasteiger partial charge in [0.1, 0.15) is 12.4 Å². The molecule has 2 aromatic rings. The van der Waals surface area contributed by atoms with E-state index in [4.69, 9.17) is 4.74 Å². The highest BCUT2D eigenvalue weighted by Gasteiger charge is 2.17. The molecule has 4 nitrogen and oxygen atoms in total. The van der Waals surface area contributed by atoms with Crippen LogP contribution in [0.4, 0.5) is 0 Å². The lowest BCUT2D eigenvalue weighted by atomic mass is 10.1. The monoisotopic (exact) mass is 411 g/mol. The Labute approximate surface area is 158 Å². The molecule has 1 atom stereocenters. The van der Waals surface area contributed by atoms with Gasteiger partial charge in [0.25, 0.3) is 0 Å². The molecule has 0 spiro atoms. The van der Waals surface area contributed by atoms with Crippen molar-refractivity contribution in [3.63, 3.8) is 0 Å². The van der Waals surface area contributed by atoms with Gasteiger partial charge >= 0.3 is 0 Å². The predicted octanol–water partition coefficient (Wildman–Crippen LogP) is 3.64. The van der Waals surface area contributed by atoms with Crippen LogP contribution in [0.25, 0.3) is 0 Å². The second kappa shape index (κ2) is 9.37. The van der Waals surface area contributed by atoms with E-state index in [9.17, 15) is 0 Å². The lowest BCUT2D eigenvalue weighted by Gasteiger charge is -2.32. The van der Waals surface area contributed by atoms with Crippen LogP contribution in [0.3, 0.4) is 0 Å². The molecular formula is C18H23BrClN3O. The molecule has 1 N–H and O–H groups in total. The highest BCUT2D eigenvalue weighted by Crippen LogP contribution is 2.25. The minimum atomic E-state index is 0. The molecule has 0 amide bonds. The summed E-state index contributed by atoms with van der Waals surface area (Å²) >= 11 is 3.57. The number of aromatic nitrogens is 1. The molecule has 130 valence electrons. The van der Waals surface area contributed by atoms with E-state index >= 15 is 0 Å². The molecule has 2 heterocycles. The molecule has 3 rings (SSSR count). The fourth-order valence-electron chi connectivity index (χ4n) is 2.84. The highest BCUT2D eigenvalue weighted by atomic mass is 79.9. The minimum absolute atomic E-state index is 0. The van der Waals surface area contributed by atoms with Gasteiger partial charge in [0, 0.05) is 48.5 Å². The Morgan fingerprint density at radius 2 is 2.21 bits per heavy atom. The molecule has 6 heteroatoms. The maximum absolute atomic E-state index is 6.02. The lowest BCUT2D eigenvalue weighted by molar-refractivity contribution is 0.195. The van der Waals surface area contributed by atoms with Crippen molar-refractivity contribution in [2.75, 3.05) is 19.6 Å². The first-order valence-electron chi connectivity index (χ1n) is 7.97. The molecular weight excluding hydrogens is 390 g/mol. The molecule has 0 radical (unpaired) electrons. The number of pyridine rings is 1. The van der Waals surface area contributed by atoms with E-state index in [1.807, 2.05) is 30.3 Å². The van der Waals surface area contributed by atoms with E-state index in [0.29, 0.717) is 12.6 Å². The number of nitrogens with zero attached hydrogens (tertiary/aromatic N) is 2. The summed E-state index contributed by atoms with van der Waals surface area (Å²) in [5.74, 6) is 0.935. The zero-order chi connectivity index (χ0) is 16.1. The molecule has 0 bridgehead atoms. The number of hydrogen-bond acceptors (Lipinski definition) is 4. The van der Waals surface area contributed by atoms with Crippen LogP contribution in [0.2, 0.25) is 0 Å². The smallest absolute Gasteiger partial charge is 0.130 e. The molecule has 0 unspecified atom stereocenters. The molecule has 1 aromatic heterocycles. The van der Waals surface area contributed by atoms with E-state index < -0.39 is 0 Å². The van der Waals surface area contributed by atoms with Gasteiger partial charge in [0.15, 0.2) is 0 Å². The molecule has 0 aliphatic carbocycles. The maximum Gasteiger partial charge on any atom is 0.130 e. The second-order valence-corrected chi connectivity index (χ2v) is 6.87. The molecule has 1 aliphatic rings. The highest BCUT2D eigenvalue weighted by molar-refractivity contribution is 9.10. The predicted molar refractivity (Wildman–Crippen MR) is 103 cm³/mol. The largest absolute Gasteiger partial charge is 0.487 e. The van der Waals surface area contributed by atoms with Crippen LogP contribution in [0.1, 0.15) is 18.2 Å². The summed E-state index contributed by atoms with van der Waals surface area (Å²) in [6, 6.07) is 12.6. The number of benzene rings is 1. The number of rotatable bonds is 5. The SMILES string of the molecule is C[C@H]1CN(Cc2cc(Br)ccc2OCc2ccccn2)CCN1.Cl. The Kier molecular flexibility index (Phi) is 7.49. The van der Waals surface area contributed by atoms with Gasteiger partial charge in [0.05, 0.1) is 5.69 Å². The van der Waals surface area contributed by atoms with Crippen molar-refractivity contribution in [3.8, 4) is 5.75 Å². The van der Waals surface area contributed by atoms with Crippen molar-refractivity contribution in [1.82, 2.24) is 15.2 Å². The Hall–Kier alpha value is -1.14. The molecule has 1 aliphatic heterocycles. The summed E-state index contributed by atoms with van der Waals surface area (Å²) in [6.45, 7) is 6.80. The van der Waals surface area contributed by atoms with E-state index in [1.54, 1.807) is 6.20 Å². The van der Waals surface area contributed by atoms with Crippen molar-refractivity contribution in [1.29, 1.82) is 0 Å². The van der Waals surface area contributed by atoms with Crippen molar-refractivity contribution >= 4 is 28.3 Å². The lowest BCUT2D eigenvalue weighted by Crippen LogP contribution is -2.48. The van der Waals surface area contributed by atoms with Gasteiger partial charge in [0.2, 0.25) is 0 Å². The minimum Gasteiger partial charge on any atom is -0.487 e. The number of nitrogens with one attached hydrogen (secondary N) is 1. The summed E-state index contributed by atoms with van der Waals surface area (Å²) in [5, 5.41) is 3.48. The van der Waals surface area contributed by atoms with Gasteiger partial charge in [-0.3, -0.25) is 9.88 Å². The molecule has 0 saturated carbocycles. The first kappa shape index (κ1) is 19.2. The standard InChI is InChI=1S/C18H22BrN3O.ClH/c1-14-11-22(9-8-20-14)12-15-10-16(19)5-6-18(15)23-13-17-4-2-3-7-21-17;/h2-7,10,14,20H,8-9,11-13H2,1H3;1H/t14-;/m0./s1. The van der Waals surface area contributed by atoms with E-state index in [1.165, 1.54) is 5.56 Å². The van der Waals surface area contributed by atoms with Gasteiger partial charge in [-0.2, -0.15) is 0 Å². The maximum atomic E-state index is 6.02. The van der Waals surface area contributed by atoms with Crippen LogP contribution < -0.4 is 10.1 Å². The van der Waals surface area contributed by atoms with Crippen LogP contribution in [-0.4, -0.2) is 35.6 Å². The Bertz CT molecular complexity index is 641. The average Bonchev–Trinajstić information content (AvgIpc) is 2.55. The fourth-order valence-corrected chi connectivity index (χ4v) is 3.25. The summed E-state index contributed by atoms with van der Waals surface area (Å²) in [6.07, 6.45) is 1.79. The third-order valence-corrected chi connectivity index (χ3v) is 4.46. The quantitative estimate of drug-likeness (QED) is 0.813. The fraction of sp³-hybridized carbons (Fsp3) is 0.389. The van der Waals surface area contributed by atoms with Crippen molar-refractivity contribution in [2.24, 2.45) is 0 Å². The van der Waals surface area contributed by atoms with Crippen LogP contribution in [0.15, 0.2) is 47.1 Å². The van der Waals surface area contributed by atoms with Crippen molar-refractivity contribution in [3.05, 3.63) is 58.3 Å². The molecule has 1 fully saturated rings. The van der Waals surface area contributed by atoms with E-state index in [2.05, 4.69) is 44.1 Å². The van der Waals surface area contributed by atoms with Gasteiger partial charge in [-0.05, 0) is 37.3 Å². The van der Waals surface area contributed by atoms with Gasteiger partial charge in [-0.25, -0.2) is 0 Å². The second-order valence-electron chi connectivity index (χ2n) is 5.95. The molecule has 24 heavy (non-hydrogen) atoms. The Morgan fingerprint density at radius 1 is 1.33 bits per heavy atom. The van der Waals surface area contributed by atoms with Crippen LogP contribution in [-0.2, 0) is 13.2 Å². The number of ether oxygens (including phenoxy) is 1. The normalized spacial score (nSPS) is 18.0. The first-order chi connectivity index (χ1) is 11.2.